The molecular weight excluding hydrogens is 758 g/mol. The molecule has 0 radical (unpaired) electrons. The van der Waals surface area contributed by atoms with Crippen LogP contribution in [0, 0.1) is 23.7 Å². The largest absolute Gasteiger partial charge is 0.466 e. The average molecular weight is 828 g/mol. The van der Waals surface area contributed by atoms with Gasteiger partial charge in [-0.15, -0.1) is 0 Å². The molecule has 0 aromatic carbocycles. The topological polar surface area (TPSA) is 209 Å². The van der Waals surface area contributed by atoms with Gasteiger partial charge >= 0.3 is 11.9 Å². The molecule has 0 bridgehead atoms. The Morgan fingerprint density at radius 3 is 2.14 bits per heavy atom. The lowest BCUT2D eigenvalue weighted by atomic mass is 9.79. The van der Waals surface area contributed by atoms with E-state index in [0.29, 0.717) is 12.0 Å². The second-order valence-corrected chi connectivity index (χ2v) is 16.1. The molecule has 17 atom stereocenters. The first kappa shape index (κ1) is 49.8. The number of nitrogens with zero attached hydrogens (tertiary/aromatic N) is 1. The van der Waals surface area contributed by atoms with Crippen LogP contribution in [0.15, 0.2) is 36.0 Å². The number of carbonyl (C=O) groups excluding carboxylic acids is 3. The molecule has 10 unspecified atom stereocenters. The Morgan fingerprint density at radius 1 is 0.897 bits per heavy atom. The van der Waals surface area contributed by atoms with Crippen LogP contribution in [0.4, 0.5) is 0 Å². The number of cyclic esters (lactones) is 1. The van der Waals surface area contributed by atoms with Crippen molar-refractivity contribution in [2.45, 2.75) is 147 Å². The van der Waals surface area contributed by atoms with Gasteiger partial charge in [-0.05, 0) is 66.1 Å². The summed E-state index contributed by atoms with van der Waals surface area (Å²) in [5.74, 6) is -3.88. The zero-order valence-electron chi connectivity index (χ0n) is 36.0. The zero-order valence-corrected chi connectivity index (χ0v) is 36.0. The van der Waals surface area contributed by atoms with Crippen LogP contribution >= 0.6 is 0 Å². The van der Waals surface area contributed by atoms with Crippen LogP contribution in [-0.4, -0.2) is 165 Å². The number of ketones is 1. The van der Waals surface area contributed by atoms with Crippen molar-refractivity contribution in [1.82, 2.24) is 4.90 Å². The van der Waals surface area contributed by atoms with Gasteiger partial charge in [-0.25, -0.2) is 4.79 Å². The SMILES string of the molecule is CC[C@H]1OC(=O)C[C@@H](O)[C@H](C)[C@@H](OC2OC(C)C(O)C(N(C)C)C2O)[C@@H](C/C=C/C(=O)OC)C[C@@H](C)C(=O)/C=C/C(C)=C/[C@@H]1COC1OC(C)C(O)C(OC)C1OC. The lowest BCUT2D eigenvalue weighted by Gasteiger charge is -2.46. The van der Waals surface area contributed by atoms with E-state index >= 15 is 0 Å². The molecular formula is C42H69NO15. The van der Waals surface area contributed by atoms with Crippen molar-refractivity contribution in [2.75, 3.05) is 42.0 Å². The van der Waals surface area contributed by atoms with E-state index in [-0.39, 0.29) is 25.2 Å². The first-order chi connectivity index (χ1) is 27.4. The fourth-order valence-corrected chi connectivity index (χ4v) is 8.04. The second kappa shape index (κ2) is 23.4. The minimum atomic E-state index is -1.32. The number of hydrogen-bond acceptors (Lipinski definition) is 16. The number of hydrogen-bond donors (Lipinski definition) is 4. The summed E-state index contributed by atoms with van der Waals surface area (Å²) in [4.78, 5) is 41.2. The van der Waals surface area contributed by atoms with E-state index in [2.05, 4.69) is 0 Å². The predicted octanol–water partition coefficient (Wildman–Crippen LogP) is 2.09. The highest BCUT2D eigenvalue weighted by Gasteiger charge is 2.48. The van der Waals surface area contributed by atoms with Crippen LogP contribution in [0.5, 0.6) is 0 Å². The molecule has 3 heterocycles. The van der Waals surface area contributed by atoms with E-state index in [1.807, 2.05) is 19.9 Å². The molecule has 2 fully saturated rings. The summed E-state index contributed by atoms with van der Waals surface area (Å²) in [6, 6.07) is -0.751. The van der Waals surface area contributed by atoms with Crippen LogP contribution in [0.2, 0.25) is 0 Å². The summed E-state index contributed by atoms with van der Waals surface area (Å²) < 4.78 is 46.8. The molecule has 3 aliphatic rings. The third kappa shape index (κ3) is 13.2. The second-order valence-electron chi connectivity index (χ2n) is 16.1. The molecule has 58 heavy (non-hydrogen) atoms. The number of ether oxygens (including phenoxy) is 8. The Morgan fingerprint density at radius 2 is 1.53 bits per heavy atom. The Bertz CT molecular complexity index is 1400. The van der Waals surface area contributed by atoms with Gasteiger partial charge in [0.1, 0.15) is 30.5 Å². The van der Waals surface area contributed by atoms with Crippen LogP contribution in [-0.2, 0) is 52.3 Å². The first-order valence-corrected chi connectivity index (χ1v) is 20.2. The number of allylic oxidation sites excluding steroid dienone is 4. The van der Waals surface area contributed by atoms with Crippen molar-refractivity contribution < 1.29 is 72.7 Å². The van der Waals surface area contributed by atoms with Gasteiger partial charge in [0.2, 0.25) is 0 Å². The van der Waals surface area contributed by atoms with Crippen molar-refractivity contribution in [3.05, 3.63) is 36.0 Å². The van der Waals surface area contributed by atoms with E-state index in [1.54, 1.807) is 58.8 Å². The highest BCUT2D eigenvalue weighted by molar-refractivity contribution is 5.91. The molecule has 4 N–H and O–H groups in total. The molecule has 0 aromatic rings. The molecule has 2 saturated heterocycles. The summed E-state index contributed by atoms with van der Waals surface area (Å²) in [6.07, 6.45) is -3.00. The number of carbonyl (C=O) groups is 3. The number of rotatable bonds is 12. The molecule has 16 heteroatoms. The van der Waals surface area contributed by atoms with Crippen molar-refractivity contribution in [3.8, 4) is 0 Å². The van der Waals surface area contributed by atoms with Gasteiger partial charge in [0, 0.05) is 38.0 Å². The van der Waals surface area contributed by atoms with Gasteiger partial charge in [0.25, 0.3) is 0 Å². The molecule has 0 aliphatic carbocycles. The number of aliphatic hydroxyl groups excluding tert-OH is 4. The quantitative estimate of drug-likeness (QED) is 0.164. The summed E-state index contributed by atoms with van der Waals surface area (Å²) in [5, 5.41) is 44.7. The van der Waals surface area contributed by atoms with Crippen molar-refractivity contribution in [3.63, 3.8) is 0 Å². The minimum Gasteiger partial charge on any atom is -0.466 e. The van der Waals surface area contributed by atoms with Gasteiger partial charge in [-0.1, -0.05) is 44.6 Å². The standard InChI is InChI=1S/C42H69NO15/c1-12-31-28(21-54-42-40(53-11)39(52-10)36(49)26(6)56-42)18-22(2)16-17-29(44)23(3)19-27(14-13-15-32(46)51-9)38(24(4)30(45)20-33(47)57-31)58-41-37(50)34(43(7)8)35(48)25(5)55-41/h13,15-18,23-28,30-31,34-42,45,48-50H,12,14,19-21H2,1-11H3/b15-13+,17-16+,22-18+/t23-,24+,25?,26?,27+,28-,30-,31-,34?,35?,36?,37?,38-,39?,40?,41?,42?/m1/s1. The van der Waals surface area contributed by atoms with Crippen LogP contribution in [0.1, 0.15) is 67.2 Å². The lowest BCUT2D eigenvalue weighted by molar-refractivity contribution is -0.304. The van der Waals surface area contributed by atoms with Crippen LogP contribution < -0.4 is 0 Å². The smallest absolute Gasteiger partial charge is 0.330 e. The highest BCUT2D eigenvalue weighted by atomic mass is 16.7. The van der Waals surface area contributed by atoms with Crippen LogP contribution in [0.3, 0.4) is 0 Å². The maximum absolute atomic E-state index is 13.7. The van der Waals surface area contributed by atoms with Crippen LogP contribution in [0.25, 0.3) is 0 Å². The van der Waals surface area contributed by atoms with Crippen molar-refractivity contribution in [2.24, 2.45) is 23.7 Å². The molecule has 0 spiro atoms. The van der Waals surface area contributed by atoms with E-state index in [4.69, 9.17) is 37.9 Å². The van der Waals surface area contributed by atoms with Gasteiger partial charge in [0.05, 0.1) is 56.7 Å². The third-order valence-electron chi connectivity index (χ3n) is 11.6. The first-order valence-electron chi connectivity index (χ1n) is 20.2. The number of esters is 2. The summed E-state index contributed by atoms with van der Waals surface area (Å²) in [6.45, 7) is 10.5. The maximum Gasteiger partial charge on any atom is 0.330 e. The average Bonchev–Trinajstić information content (AvgIpc) is 3.18. The summed E-state index contributed by atoms with van der Waals surface area (Å²) in [7, 11) is 7.63. The molecule has 0 aromatic heterocycles. The number of likely N-dealkylation sites (N-methyl/N-ethyl adjacent to an activating group) is 1. The molecule has 16 nitrogen and oxygen atoms in total. The maximum atomic E-state index is 13.7. The Kier molecular flexibility index (Phi) is 20.1. The Balaban J connectivity index is 2.02. The molecule has 0 amide bonds. The van der Waals surface area contributed by atoms with E-state index in [1.165, 1.54) is 33.5 Å². The molecule has 0 saturated carbocycles. The van der Waals surface area contributed by atoms with E-state index < -0.39 is 122 Å². The molecule has 332 valence electrons. The monoisotopic (exact) mass is 827 g/mol. The number of aliphatic hydroxyl groups is 4. The normalized spacial score (nSPS) is 41.5. The Hall–Kier alpha value is -2.61. The Labute approximate surface area is 343 Å². The summed E-state index contributed by atoms with van der Waals surface area (Å²) >= 11 is 0. The van der Waals surface area contributed by atoms with Gasteiger partial charge in [-0.3, -0.25) is 9.59 Å². The van der Waals surface area contributed by atoms with Gasteiger partial charge in [-0.2, -0.15) is 0 Å². The fraction of sp³-hybridized carbons (Fsp3) is 0.786. The summed E-state index contributed by atoms with van der Waals surface area (Å²) in [5.41, 5.74) is 0.699. The minimum absolute atomic E-state index is 0.00547. The highest BCUT2D eigenvalue weighted by Crippen LogP contribution is 2.35. The van der Waals surface area contributed by atoms with E-state index in [0.717, 1.165) is 0 Å². The third-order valence-corrected chi connectivity index (χ3v) is 11.6. The van der Waals surface area contributed by atoms with Crippen molar-refractivity contribution in [1.29, 1.82) is 0 Å². The van der Waals surface area contributed by atoms with Crippen molar-refractivity contribution >= 4 is 17.7 Å². The van der Waals surface area contributed by atoms with Gasteiger partial charge in [0.15, 0.2) is 18.4 Å². The fourth-order valence-electron chi connectivity index (χ4n) is 8.04. The number of methoxy groups -OCH3 is 3. The predicted molar refractivity (Wildman–Crippen MR) is 211 cm³/mol. The zero-order chi connectivity index (χ0) is 43.4. The van der Waals surface area contributed by atoms with E-state index in [9.17, 15) is 34.8 Å². The van der Waals surface area contributed by atoms with Gasteiger partial charge < -0.3 is 63.2 Å². The lowest BCUT2D eigenvalue weighted by Crippen LogP contribution is -2.63. The molecule has 3 rings (SSSR count). The molecule has 3 aliphatic heterocycles.